The molecule has 1 unspecified atom stereocenters. The van der Waals surface area contributed by atoms with Crippen molar-refractivity contribution in [3.63, 3.8) is 0 Å². The molecule has 0 aliphatic rings. The number of hydrogen-bond donors (Lipinski definition) is 3. The third-order valence-corrected chi connectivity index (χ3v) is 3.41. The summed E-state index contributed by atoms with van der Waals surface area (Å²) in [5.41, 5.74) is 2.02. The van der Waals surface area contributed by atoms with Crippen LogP contribution in [0.4, 0.5) is 0 Å². The molecule has 0 aliphatic heterocycles. The molecule has 3 N–H and O–H groups in total. The Kier molecular flexibility index (Phi) is 7.72. The Bertz CT molecular complexity index is 661. The molecule has 6 nitrogen and oxygen atoms in total. The molecule has 0 saturated carbocycles. The zero-order chi connectivity index (χ0) is 17.9. The minimum absolute atomic E-state index is 0.218. The van der Waals surface area contributed by atoms with Crippen molar-refractivity contribution in [1.82, 2.24) is 15.6 Å². The molecule has 1 aromatic carbocycles. The maximum atomic E-state index is 10.1. The van der Waals surface area contributed by atoms with E-state index < -0.39 is 6.10 Å². The summed E-state index contributed by atoms with van der Waals surface area (Å²) < 4.78 is 5.61. The molecule has 134 valence electrons. The Balaban J connectivity index is 1.79. The van der Waals surface area contributed by atoms with Crippen LogP contribution in [0.5, 0.6) is 5.75 Å². The molecule has 0 aliphatic carbocycles. The van der Waals surface area contributed by atoms with Crippen LogP contribution in [0.25, 0.3) is 0 Å². The third kappa shape index (κ3) is 7.22. The molecule has 0 amide bonds. The van der Waals surface area contributed by atoms with E-state index >= 15 is 0 Å². The van der Waals surface area contributed by atoms with E-state index in [2.05, 4.69) is 20.6 Å². The van der Waals surface area contributed by atoms with Crippen LogP contribution in [-0.4, -0.2) is 41.9 Å². The number of pyridine rings is 1. The fourth-order valence-electron chi connectivity index (χ4n) is 2.16. The van der Waals surface area contributed by atoms with E-state index in [0.29, 0.717) is 19.0 Å². The summed E-state index contributed by atoms with van der Waals surface area (Å²) in [6.45, 7) is 5.78. The maximum Gasteiger partial charge on any atom is 0.191 e. The Morgan fingerprint density at radius 2 is 2.12 bits per heavy atom. The van der Waals surface area contributed by atoms with Gasteiger partial charge in [-0.15, -0.1) is 0 Å². The van der Waals surface area contributed by atoms with Gasteiger partial charge in [-0.3, -0.25) is 4.98 Å². The molecule has 1 heterocycles. The molecule has 2 rings (SSSR count). The standard InChI is InChI=1S/C19H26N4O2/c1-3-20-19(22-12-16-8-4-5-10-21-16)23-13-17(24)14-25-18-9-6-7-15(2)11-18/h4-11,17,24H,3,12-14H2,1-2H3,(H2,20,22,23). The molecule has 1 aromatic heterocycles. The molecule has 1 atom stereocenters. The van der Waals surface area contributed by atoms with Crippen LogP contribution in [0, 0.1) is 6.92 Å². The average Bonchev–Trinajstić information content (AvgIpc) is 2.63. The first-order valence-electron chi connectivity index (χ1n) is 8.47. The molecule has 0 radical (unpaired) electrons. The van der Waals surface area contributed by atoms with E-state index in [0.717, 1.165) is 23.6 Å². The third-order valence-electron chi connectivity index (χ3n) is 3.41. The van der Waals surface area contributed by atoms with Gasteiger partial charge in [0, 0.05) is 19.3 Å². The number of aliphatic imine (C=N–C) groups is 1. The van der Waals surface area contributed by atoms with Gasteiger partial charge in [0.1, 0.15) is 18.5 Å². The van der Waals surface area contributed by atoms with Gasteiger partial charge in [-0.05, 0) is 43.7 Å². The van der Waals surface area contributed by atoms with Gasteiger partial charge in [-0.25, -0.2) is 4.99 Å². The lowest BCUT2D eigenvalue weighted by Gasteiger charge is -2.16. The SMILES string of the molecule is CCNC(=NCc1ccccn1)NCC(O)COc1cccc(C)c1. The summed E-state index contributed by atoms with van der Waals surface area (Å²) in [6, 6.07) is 13.5. The first-order chi connectivity index (χ1) is 12.2. The summed E-state index contributed by atoms with van der Waals surface area (Å²) in [4.78, 5) is 8.71. The van der Waals surface area contributed by atoms with E-state index in [1.54, 1.807) is 6.20 Å². The highest BCUT2D eigenvalue weighted by Crippen LogP contribution is 2.12. The lowest BCUT2D eigenvalue weighted by atomic mass is 10.2. The first kappa shape index (κ1) is 18.7. The van der Waals surface area contributed by atoms with Gasteiger partial charge in [0.05, 0.1) is 12.2 Å². The zero-order valence-corrected chi connectivity index (χ0v) is 14.8. The van der Waals surface area contributed by atoms with E-state index in [9.17, 15) is 5.11 Å². The number of aliphatic hydroxyl groups is 1. The average molecular weight is 342 g/mol. The fourth-order valence-corrected chi connectivity index (χ4v) is 2.16. The van der Waals surface area contributed by atoms with Crippen LogP contribution >= 0.6 is 0 Å². The summed E-state index contributed by atoms with van der Waals surface area (Å²) >= 11 is 0. The molecular formula is C19H26N4O2. The second kappa shape index (κ2) is 10.3. The second-order valence-electron chi connectivity index (χ2n) is 5.68. The molecule has 0 saturated heterocycles. The van der Waals surface area contributed by atoms with Gasteiger partial charge >= 0.3 is 0 Å². The topological polar surface area (TPSA) is 78.8 Å². The van der Waals surface area contributed by atoms with E-state index in [4.69, 9.17) is 4.74 Å². The van der Waals surface area contributed by atoms with Crippen LogP contribution in [-0.2, 0) is 6.54 Å². The lowest BCUT2D eigenvalue weighted by molar-refractivity contribution is 0.110. The largest absolute Gasteiger partial charge is 0.491 e. The van der Waals surface area contributed by atoms with Crippen molar-refractivity contribution in [3.8, 4) is 5.75 Å². The fraction of sp³-hybridized carbons (Fsp3) is 0.368. The molecular weight excluding hydrogens is 316 g/mol. The van der Waals surface area contributed by atoms with E-state index in [1.165, 1.54) is 0 Å². The highest BCUT2D eigenvalue weighted by Gasteiger charge is 2.07. The quantitative estimate of drug-likeness (QED) is 0.504. The number of hydrogen-bond acceptors (Lipinski definition) is 4. The summed E-state index contributed by atoms with van der Waals surface area (Å²) in [6.07, 6.45) is 1.11. The van der Waals surface area contributed by atoms with Crippen LogP contribution < -0.4 is 15.4 Å². The van der Waals surface area contributed by atoms with Crippen molar-refractivity contribution < 1.29 is 9.84 Å². The van der Waals surface area contributed by atoms with Gasteiger partial charge in [0.2, 0.25) is 0 Å². The van der Waals surface area contributed by atoms with Crippen molar-refractivity contribution in [3.05, 3.63) is 59.9 Å². The first-order valence-corrected chi connectivity index (χ1v) is 8.47. The van der Waals surface area contributed by atoms with E-state index in [-0.39, 0.29) is 6.61 Å². The Hall–Kier alpha value is -2.60. The smallest absolute Gasteiger partial charge is 0.191 e. The van der Waals surface area contributed by atoms with Gasteiger partial charge < -0.3 is 20.5 Å². The lowest BCUT2D eigenvalue weighted by Crippen LogP contribution is -2.42. The predicted octanol–water partition coefficient (Wildman–Crippen LogP) is 1.89. The zero-order valence-electron chi connectivity index (χ0n) is 14.8. The summed E-state index contributed by atoms with van der Waals surface area (Å²) in [7, 11) is 0. The predicted molar refractivity (Wildman–Crippen MR) is 99.7 cm³/mol. The minimum Gasteiger partial charge on any atom is -0.491 e. The molecule has 0 spiro atoms. The van der Waals surface area contributed by atoms with Gasteiger partial charge in [-0.2, -0.15) is 0 Å². The molecule has 6 heteroatoms. The highest BCUT2D eigenvalue weighted by atomic mass is 16.5. The van der Waals surface area contributed by atoms with Gasteiger partial charge in [0.25, 0.3) is 0 Å². The van der Waals surface area contributed by atoms with Crippen molar-refractivity contribution in [1.29, 1.82) is 0 Å². The van der Waals surface area contributed by atoms with Crippen molar-refractivity contribution in [2.24, 2.45) is 4.99 Å². The Morgan fingerprint density at radius 3 is 2.84 bits per heavy atom. The normalized spacial score (nSPS) is 12.5. The van der Waals surface area contributed by atoms with Crippen LogP contribution in [0.1, 0.15) is 18.2 Å². The Labute approximate surface area is 149 Å². The minimum atomic E-state index is -0.640. The number of ether oxygens (including phenoxy) is 1. The monoisotopic (exact) mass is 342 g/mol. The van der Waals surface area contributed by atoms with Gasteiger partial charge in [-0.1, -0.05) is 18.2 Å². The van der Waals surface area contributed by atoms with Crippen LogP contribution in [0.15, 0.2) is 53.7 Å². The molecule has 0 fully saturated rings. The van der Waals surface area contributed by atoms with Gasteiger partial charge in [0.15, 0.2) is 5.96 Å². The summed E-state index contributed by atoms with van der Waals surface area (Å²) in [5.74, 6) is 1.40. The highest BCUT2D eigenvalue weighted by molar-refractivity contribution is 5.79. The van der Waals surface area contributed by atoms with Crippen molar-refractivity contribution in [2.75, 3.05) is 19.7 Å². The Morgan fingerprint density at radius 1 is 1.24 bits per heavy atom. The summed E-state index contributed by atoms with van der Waals surface area (Å²) in [5, 5.41) is 16.4. The van der Waals surface area contributed by atoms with Crippen molar-refractivity contribution >= 4 is 5.96 Å². The number of guanidine groups is 1. The number of nitrogens with zero attached hydrogens (tertiary/aromatic N) is 2. The molecule has 2 aromatic rings. The second-order valence-corrected chi connectivity index (χ2v) is 5.68. The number of nitrogens with one attached hydrogen (secondary N) is 2. The molecule has 0 bridgehead atoms. The van der Waals surface area contributed by atoms with E-state index in [1.807, 2.05) is 56.3 Å². The van der Waals surface area contributed by atoms with Crippen LogP contribution in [0.3, 0.4) is 0 Å². The number of aliphatic hydroxyl groups excluding tert-OH is 1. The van der Waals surface area contributed by atoms with Crippen LogP contribution in [0.2, 0.25) is 0 Å². The van der Waals surface area contributed by atoms with Crippen molar-refractivity contribution in [2.45, 2.75) is 26.5 Å². The molecule has 25 heavy (non-hydrogen) atoms. The number of benzene rings is 1. The number of aromatic nitrogens is 1. The number of rotatable bonds is 8. The number of aryl methyl sites for hydroxylation is 1. The maximum absolute atomic E-state index is 10.1.